The zero-order valence-corrected chi connectivity index (χ0v) is 40.8. The van der Waals surface area contributed by atoms with Gasteiger partial charge in [-0.2, -0.15) is 0 Å². The maximum absolute atomic E-state index is 15.2. The summed E-state index contributed by atoms with van der Waals surface area (Å²) in [7, 11) is -2.66. The van der Waals surface area contributed by atoms with Crippen molar-refractivity contribution >= 4 is 68.3 Å². The molecule has 0 bridgehead atoms. The number of ketones is 1. The number of aryl methyl sites for hydroxylation is 1. The molecule has 0 radical (unpaired) electrons. The van der Waals surface area contributed by atoms with Gasteiger partial charge in [-0.1, -0.05) is 37.1 Å². The second-order valence-electron chi connectivity index (χ2n) is 18.6. The summed E-state index contributed by atoms with van der Waals surface area (Å²) in [5, 5.41) is 5.35. The fourth-order valence-electron chi connectivity index (χ4n) is 9.95. The molecular weight excluding hydrogens is 935 g/mol. The van der Waals surface area contributed by atoms with E-state index in [2.05, 4.69) is 21.2 Å². The highest BCUT2D eigenvalue weighted by molar-refractivity contribution is 9.10. The number of carbonyl (C=O) groups is 3. The van der Waals surface area contributed by atoms with Crippen LogP contribution in [0, 0.1) is 24.6 Å². The van der Waals surface area contributed by atoms with Crippen LogP contribution in [0.4, 0.5) is 9.52 Å². The number of halogens is 2. The smallest absolute Gasteiger partial charge is 0.306 e. The van der Waals surface area contributed by atoms with E-state index in [0.717, 1.165) is 50.1 Å². The largest absolute Gasteiger partial charge is 0.495 e. The SMILES string of the molecule is COc1ccc2c(O[C@@H]3C[C@H]4C(=O)C[C@]5(P(=O)(O)Cc6c(C)cccc6F)C[C@@H]5/C=C\CCCCC[C@H](CC(=O)OC5CCCC5)C(=O)N4C3)cc(-c3csc(NC(C)C)n3)nc2c1Br. The fourth-order valence-corrected chi connectivity index (χ4v) is 14.0. The molecule has 8 rings (SSSR count). The van der Waals surface area contributed by atoms with Crippen LogP contribution in [0.1, 0.15) is 108 Å². The molecule has 65 heavy (non-hydrogen) atoms. The van der Waals surface area contributed by atoms with Crippen molar-refractivity contribution < 1.29 is 42.4 Å². The van der Waals surface area contributed by atoms with Crippen molar-refractivity contribution in [1.29, 1.82) is 0 Å². The number of anilines is 1. The number of allylic oxidation sites excluding steroid dienone is 2. The van der Waals surface area contributed by atoms with E-state index in [-0.39, 0.29) is 61.1 Å². The first kappa shape index (κ1) is 47.3. The number of hydrogen-bond acceptors (Lipinski definition) is 11. The monoisotopic (exact) mass is 992 g/mol. The van der Waals surface area contributed by atoms with Crippen LogP contribution in [-0.4, -0.2) is 80.5 Å². The molecule has 16 heteroatoms. The van der Waals surface area contributed by atoms with Gasteiger partial charge in [0.1, 0.15) is 35.2 Å². The van der Waals surface area contributed by atoms with Crippen molar-refractivity contribution in [2.45, 2.75) is 140 Å². The summed E-state index contributed by atoms with van der Waals surface area (Å²) < 4.78 is 49.0. The highest BCUT2D eigenvalue weighted by Gasteiger charge is 2.65. The Morgan fingerprint density at radius 2 is 1.85 bits per heavy atom. The number of thiazole rings is 1. The molecule has 6 atom stereocenters. The third-order valence-corrected chi connectivity index (χ3v) is 18.0. The van der Waals surface area contributed by atoms with Crippen LogP contribution in [0.15, 0.2) is 58.4 Å². The maximum atomic E-state index is 15.2. The lowest BCUT2D eigenvalue weighted by atomic mass is 9.94. The summed E-state index contributed by atoms with van der Waals surface area (Å²) >= 11 is 5.16. The molecule has 4 heterocycles. The van der Waals surface area contributed by atoms with Gasteiger partial charge in [0.2, 0.25) is 13.3 Å². The van der Waals surface area contributed by atoms with Crippen LogP contribution in [-0.2, 0) is 29.8 Å². The zero-order chi connectivity index (χ0) is 46.0. The number of fused-ring (bicyclic) bond motifs is 3. The summed E-state index contributed by atoms with van der Waals surface area (Å²) in [5.74, 6) is -1.73. The normalized spacial score (nSPS) is 25.6. The number of nitrogens with zero attached hydrogens (tertiary/aromatic N) is 3. The van der Waals surface area contributed by atoms with Crippen molar-refractivity contribution in [2.24, 2.45) is 11.8 Å². The minimum absolute atomic E-state index is 0.0422. The Labute approximate surface area is 392 Å². The number of carbonyl (C=O) groups excluding carboxylic acids is 3. The van der Waals surface area contributed by atoms with E-state index in [9.17, 15) is 14.3 Å². The van der Waals surface area contributed by atoms with Crippen molar-refractivity contribution in [3.05, 3.63) is 75.3 Å². The van der Waals surface area contributed by atoms with Crippen molar-refractivity contribution in [3.8, 4) is 22.9 Å². The van der Waals surface area contributed by atoms with E-state index >= 15 is 14.0 Å². The number of methoxy groups -OCH3 is 1. The van der Waals surface area contributed by atoms with Gasteiger partial charge in [-0.05, 0) is 118 Å². The number of esters is 1. The Morgan fingerprint density at radius 3 is 2.60 bits per heavy atom. The predicted molar refractivity (Wildman–Crippen MR) is 254 cm³/mol. The Bertz CT molecular complexity index is 2490. The highest BCUT2D eigenvalue weighted by atomic mass is 79.9. The molecular formula is C49H59BrFN4O8PS. The number of aromatic nitrogens is 2. The van der Waals surface area contributed by atoms with Gasteiger partial charge in [0.05, 0.1) is 53.1 Å². The molecule has 3 fully saturated rings. The number of benzene rings is 2. The number of hydrogen-bond donors (Lipinski definition) is 2. The Balaban J connectivity index is 1.15. The van der Waals surface area contributed by atoms with E-state index < -0.39 is 48.5 Å². The first-order valence-corrected chi connectivity index (χ1v) is 26.5. The molecule has 2 aromatic carbocycles. The molecule has 2 N–H and O–H groups in total. The molecule has 12 nitrogen and oxygen atoms in total. The second-order valence-corrected chi connectivity index (χ2v) is 22.9. The number of ether oxygens (including phenoxy) is 3. The molecule has 2 aromatic heterocycles. The fraction of sp³-hybridized carbons (Fsp3) is 0.531. The summed E-state index contributed by atoms with van der Waals surface area (Å²) in [6, 6.07) is 9.22. The van der Waals surface area contributed by atoms with Crippen LogP contribution in [0.25, 0.3) is 22.3 Å². The third kappa shape index (κ3) is 10.4. The molecule has 4 aromatic rings. The molecule has 1 unspecified atom stereocenters. The topological polar surface area (TPSA) is 157 Å². The number of nitrogens with one attached hydrogen (secondary N) is 1. The van der Waals surface area contributed by atoms with Gasteiger partial charge >= 0.3 is 5.97 Å². The van der Waals surface area contributed by atoms with Gasteiger partial charge in [0.25, 0.3) is 0 Å². The van der Waals surface area contributed by atoms with Crippen LogP contribution in [0.5, 0.6) is 11.5 Å². The van der Waals surface area contributed by atoms with Gasteiger partial charge in [-0.25, -0.2) is 14.4 Å². The second kappa shape index (κ2) is 20.0. The predicted octanol–water partition coefficient (Wildman–Crippen LogP) is 10.9. The van der Waals surface area contributed by atoms with Gasteiger partial charge in [-0.15, -0.1) is 11.3 Å². The Morgan fingerprint density at radius 1 is 1.06 bits per heavy atom. The zero-order valence-electron chi connectivity index (χ0n) is 37.5. The summed E-state index contributed by atoms with van der Waals surface area (Å²) in [4.78, 5) is 66.9. The molecule has 2 aliphatic heterocycles. The van der Waals surface area contributed by atoms with E-state index in [0.29, 0.717) is 63.1 Å². The molecule has 1 amide bonds. The molecule has 2 saturated carbocycles. The highest BCUT2D eigenvalue weighted by Crippen LogP contribution is 2.74. The number of pyridine rings is 1. The van der Waals surface area contributed by atoms with Gasteiger partial charge in [0.15, 0.2) is 10.9 Å². The first-order chi connectivity index (χ1) is 31.2. The number of rotatable bonds is 12. The van der Waals surface area contributed by atoms with Crippen LogP contribution >= 0.6 is 34.6 Å². The third-order valence-electron chi connectivity index (χ3n) is 13.6. The quantitative estimate of drug-likeness (QED) is 0.0791. The van der Waals surface area contributed by atoms with E-state index in [1.165, 1.54) is 17.4 Å². The number of Topliss-reactive ketones (excluding diaryl/α,β-unsaturated/α-hetero) is 1. The van der Waals surface area contributed by atoms with E-state index in [4.69, 9.17) is 24.2 Å². The van der Waals surface area contributed by atoms with E-state index in [1.54, 1.807) is 31.1 Å². The van der Waals surface area contributed by atoms with Gasteiger partial charge in [-0.3, -0.25) is 18.9 Å². The molecule has 1 saturated heterocycles. The van der Waals surface area contributed by atoms with Crippen LogP contribution < -0.4 is 14.8 Å². The molecule has 0 spiro atoms. The minimum atomic E-state index is -4.24. The van der Waals surface area contributed by atoms with E-state index in [1.807, 2.05) is 49.6 Å². The minimum Gasteiger partial charge on any atom is -0.495 e. The molecule has 2 aliphatic carbocycles. The van der Waals surface area contributed by atoms with Gasteiger partial charge < -0.3 is 29.3 Å². The van der Waals surface area contributed by atoms with Crippen LogP contribution in [0.2, 0.25) is 0 Å². The lowest BCUT2D eigenvalue weighted by molar-refractivity contribution is -0.154. The standard InChI is InChI=1S/C49H59BrFN4O8PS/c1-29(2)52-48-54-39(28-65-48)38-23-43(35-19-20-42(61-4)45(50)46(35)53-38)62-34-22-40-41(56)25-49(64(59,60)27-36-30(3)13-12-18-37(36)51)24-32(49)15-9-7-5-6-8-14-31(47(58)55(40)26-34)21-44(57)63-33-16-10-11-17-33/h9,12-13,15,18-20,23,28-29,31-34,40H,5-8,10-11,14,16-17,21-22,24-27H2,1-4H3,(H,52,54)(H,59,60)/b15-9-/t31-,32+,34-,40+,49-/m1/s1. The van der Waals surface area contributed by atoms with Crippen molar-refractivity contribution in [1.82, 2.24) is 14.9 Å². The van der Waals surface area contributed by atoms with Gasteiger partial charge in [0, 0.05) is 47.2 Å². The molecule has 4 aliphatic rings. The average molecular weight is 994 g/mol. The Hall–Kier alpha value is -4.17. The summed E-state index contributed by atoms with van der Waals surface area (Å²) in [5.41, 5.74) is 2.49. The lowest BCUT2D eigenvalue weighted by Gasteiger charge is -2.30. The average Bonchev–Trinajstić information content (AvgIpc) is 3.68. The maximum Gasteiger partial charge on any atom is 0.306 e. The van der Waals surface area contributed by atoms with Crippen molar-refractivity contribution in [2.75, 3.05) is 19.0 Å². The summed E-state index contributed by atoms with van der Waals surface area (Å²) in [6.07, 6.45) is 9.88. The first-order valence-electron chi connectivity index (χ1n) is 23.0. The number of amides is 1. The van der Waals surface area contributed by atoms with Crippen molar-refractivity contribution in [3.63, 3.8) is 0 Å². The van der Waals surface area contributed by atoms with Crippen LogP contribution in [0.3, 0.4) is 0 Å². The lowest BCUT2D eigenvalue weighted by Crippen LogP contribution is -2.45. The Kier molecular flexibility index (Phi) is 14.5. The molecule has 348 valence electrons. The summed E-state index contributed by atoms with van der Waals surface area (Å²) in [6.45, 7) is 5.83.